The quantitative estimate of drug-likeness (QED) is 0.168. The van der Waals surface area contributed by atoms with Gasteiger partial charge in [-0.05, 0) is 95.9 Å². The molecule has 0 spiro atoms. The molecule has 62 heavy (non-hydrogen) atoms. The van der Waals surface area contributed by atoms with E-state index in [1.807, 2.05) is 0 Å². The van der Waals surface area contributed by atoms with E-state index in [1.165, 1.54) is 43.5 Å². The van der Waals surface area contributed by atoms with Gasteiger partial charge in [-0.15, -0.1) is 0 Å². The Morgan fingerprint density at radius 1 is 0.323 bits per heavy atom. The monoisotopic (exact) mass is 791 g/mol. The highest BCUT2D eigenvalue weighted by Crippen LogP contribution is 2.45. The van der Waals surface area contributed by atoms with Crippen molar-refractivity contribution in [3.63, 3.8) is 0 Å². The minimum atomic E-state index is 0.905. The molecule has 0 bridgehead atoms. The fourth-order valence-electron chi connectivity index (χ4n) is 9.96. The summed E-state index contributed by atoms with van der Waals surface area (Å²) in [6.07, 6.45) is 0. The first-order chi connectivity index (χ1) is 30.8. The SMILES string of the molecule is c1ccc(-n2c3ccccc3c3c(N(c4ccc(-c5cccc6c5oc5c7ccccc7ccc65)cc4)c4ccc(-n5c6ccccc6c6ccccc65)cc4)cccc32)cc1. The van der Waals surface area contributed by atoms with Crippen molar-refractivity contribution in [1.82, 2.24) is 9.13 Å². The highest BCUT2D eigenvalue weighted by atomic mass is 16.3. The van der Waals surface area contributed by atoms with E-state index >= 15 is 0 Å². The lowest BCUT2D eigenvalue weighted by molar-refractivity contribution is 0.674. The van der Waals surface area contributed by atoms with E-state index in [0.717, 1.165) is 72.4 Å². The molecule has 4 nitrogen and oxygen atoms in total. The molecule has 3 heterocycles. The number of hydrogen-bond donors (Lipinski definition) is 0. The average Bonchev–Trinajstić information content (AvgIpc) is 4.01. The van der Waals surface area contributed by atoms with Gasteiger partial charge in [0, 0.05) is 66.0 Å². The molecule has 0 N–H and O–H groups in total. The molecule has 0 fully saturated rings. The van der Waals surface area contributed by atoms with Gasteiger partial charge >= 0.3 is 0 Å². The van der Waals surface area contributed by atoms with Gasteiger partial charge in [-0.1, -0.05) is 140 Å². The molecular weight excluding hydrogens is 755 g/mol. The van der Waals surface area contributed by atoms with Gasteiger partial charge in [0.15, 0.2) is 0 Å². The number of furan rings is 1. The van der Waals surface area contributed by atoms with Crippen molar-refractivity contribution in [3.8, 4) is 22.5 Å². The van der Waals surface area contributed by atoms with E-state index in [0.29, 0.717) is 0 Å². The topological polar surface area (TPSA) is 26.2 Å². The molecule has 0 amide bonds. The summed E-state index contributed by atoms with van der Waals surface area (Å²) < 4.78 is 11.5. The summed E-state index contributed by atoms with van der Waals surface area (Å²) in [6.45, 7) is 0. The molecule has 0 saturated heterocycles. The smallest absolute Gasteiger partial charge is 0.143 e. The Bertz CT molecular complexity index is 3800. The zero-order valence-corrected chi connectivity index (χ0v) is 33.6. The molecule has 3 aromatic heterocycles. The second kappa shape index (κ2) is 13.6. The van der Waals surface area contributed by atoms with Gasteiger partial charge in [0.2, 0.25) is 0 Å². The van der Waals surface area contributed by atoms with Gasteiger partial charge in [-0.3, -0.25) is 0 Å². The van der Waals surface area contributed by atoms with Crippen LogP contribution in [0.15, 0.2) is 229 Å². The largest absolute Gasteiger partial charge is 0.455 e. The molecule has 4 heteroatoms. The molecule has 0 unspecified atom stereocenters. The summed E-state index contributed by atoms with van der Waals surface area (Å²) in [7, 11) is 0. The molecular formula is C58H37N3O. The Morgan fingerprint density at radius 2 is 0.839 bits per heavy atom. The van der Waals surface area contributed by atoms with Crippen LogP contribution in [-0.2, 0) is 0 Å². The summed E-state index contributed by atoms with van der Waals surface area (Å²) in [5.41, 5.74) is 14.2. The highest BCUT2D eigenvalue weighted by Gasteiger charge is 2.22. The van der Waals surface area contributed by atoms with Crippen molar-refractivity contribution in [2.24, 2.45) is 0 Å². The van der Waals surface area contributed by atoms with Crippen LogP contribution >= 0.6 is 0 Å². The number of rotatable bonds is 6. The maximum Gasteiger partial charge on any atom is 0.143 e. The molecule has 10 aromatic carbocycles. The molecule has 0 radical (unpaired) electrons. The molecule has 0 atom stereocenters. The number of benzene rings is 10. The van der Waals surface area contributed by atoms with Gasteiger partial charge in [-0.25, -0.2) is 0 Å². The number of hydrogen-bond acceptors (Lipinski definition) is 2. The summed E-state index contributed by atoms with van der Waals surface area (Å²) in [5.74, 6) is 0. The van der Waals surface area contributed by atoms with Crippen LogP contribution in [0.25, 0.3) is 98.8 Å². The average molecular weight is 792 g/mol. The minimum Gasteiger partial charge on any atom is -0.455 e. The van der Waals surface area contributed by atoms with Gasteiger partial charge in [-0.2, -0.15) is 0 Å². The second-order valence-electron chi connectivity index (χ2n) is 16.1. The van der Waals surface area contributed by atoms with Gasteiger partial charge in [0.1, 0.15) is 11.2 Å². The third-order valence-electron chi connectivity index (χ3n) is 12.7. The molecule has 290 valence electrons. The second-order valence-corrected chi connectivity index (χ2v) is 16.1. The molecule has 0 aliphatic rings. The van der Waals surface area contributed by atoms with Crippen molar-refractivity contribution >= 4 is 93.4 Å². The minimum absolute atomic E-state index is 0.905. The highest BCUT2D eigenvalue weighted by molar-refractivity contribution is 6.18. The Kier molecular flexibility index (Phi) is 7.57. The van der Waals surface area contributed by atoms with Gasteiger partial charge < -0.3 is 18.5 Å². The lowest BCUT2D eigenvalue weighted by atomic mass is 10.0. The molecule has 13 aromatic rings. The van der Waals surface area contributed by atoms with Crippen molar-refractivity contribution < 1.29 is 4.42 Å². The van der Waals surface area contributed by atoms with Crippen LogP contribution in [0.2, 0.25) is 0 Å². The normalized spacial score (nSPS) is 11.9. The number of fused-ring (bicyclic) bond motifs is 11. The lowest BCUT2D eigenvalue weighted by Crippen LogP contribution is -2.10. The van der Waals surface area contributed by atoms with Gasteiger partial charge in [0.25, 0.3) is 0 Å². The number of anilines is 3. The van der Waals surface area contributed by atoms with Crippen LogP contribution in [0.5, 0.6) is 0 Å². The number of nitrogens with zero attached hydrogens (tertiary/aromatic N) is 3. The standard InChI is InChI=1S/C58H37N3O/c1-2-15-40(16-3-1)61-53-25-11-8-20-50(53)56-54(26-13-27-55(56)61)59(42-33-35-43(36-34-42)60-51-23-9-6-18-46(51)47-19-7-10-24-52(47)60)41-31-28-39(29-32-41)45-21-12-22-48-49-37-30-38-14-4-5-17-44(38)58(49)62-57(45)48/h1-37H. The van der Waals surface area contributed by atoms with Crippen molar-refractivity contribution in [1.29, 1.82) is 0 Å². The molecule has 13 rings (SSSR count). The molecule has 0 aliphatic carbocycles. The third-order valence-corrected chi connectivity index (χ3v) is 12.7. The van der Waals surface area contributed by atoms with Crippen molar-refractivity contribution in [3.05, 3.63) is 224 Å². The summed E-state index contributed by atoms with van der Waals surface area (Å²) in [4.78, 5) is 2.41. The molecule has 0 saturated carbocycles. The van der Waals surface area contributed by atoms with Crippen molar-refractivity contribution in [2.45, 2.75) is 0 Å². The first-order valence-electron chi connectivity index (χ1n) is 21.2. The van der Waals surface area contributed by atoms with E-state index in [-0.39, 0.29) is 0 Å². The zero-order chi connectivity index (χ0) is 40.7. The van der Waals surface area contributed by atoms with Crippen molar-refractivity contribution in [2.75, 3.05) is 4.90 Å². The van der Waals surface area contributed by atoms with Crippen LogP contribution in [0.3, 0.4) is 0 Å². The first kappa shape index (κ1) is 34.5. The van der Waals surface area contributed by atoms with E-state index in [2.05, 4.69) is 238 Å². The molecule has 0 aliphatic heterocycles. The Balaban J connectivity index is 1.00. The fraction of sp³-hybridized carbons (Fsp3) is 0. The van der Waals surface area contributed by atoms with Crippen LogP contribution in [0, 0.1) is 0 Å². The maximum atomic E-state index is 6.78. The Hall–Kier alpha value is -8.34. The summed E-state index contributed by atoms with van der Waals surface area (Å²) in [6, 6.07) is 80.9. The maximum absolute atomic E-state index is 6.78. The van der Waals surface area contributed by atoms with Crippen LogP contribution in [0.4, 0.5) is 17.1 Å². The Labute approximate surface area is 357 Å². The lowest BCUT2D eigenvalue weighted by Gasteiger charge is -2.27. The predicted octanol–water partition coefficient (Wildman–Crippen LogP) is 16.1. The summed E-state index contributed by atoms with van der Waals surface area (Å²) >= 11 is 0. The van der Waals surface area contributed by atoms with E-state index in [1.54, 1.807) is 0 Å². The number of para-hydroxylation sites is 5. The summed E-state index contributed by atoms with van der Waals surface area (Å²) in [5, 5.41) is 9.47. The van der Waals surface area contributed by atoms with Crippen LogP contribution in [-0.4, -0.2) is 9.13 Å². The zero-order valence-electron chi connectivity index (χ0n) is 33.6. The van der Waals surface area contributed by atoms with E-state index < -0.39 is 0 Å². The van der Waals surface area contributed by atoms with Crippen LogP contribution in [0.1, 0.15) is 0 Å². The first-order valence-corrected chi connectivity index (χ1v) is 21.2. The fourth-order valence-corrected chi connectivity index (χ4v) is 9.96. The van der Waals surface area contributed by atoms with E-state index in [9.17, 15) is 0 Å². The van der Waals surface area contributed by atoms with Gasteiger partial charge in [0.05, 0.1) is 27.8 Å². The predicted molar refractivity (Wildman–Crippen MR) is 260 cm³/mol. The third kappa shape index (κ3) is 5.14. The van der Waals surface area contributed by atoms with Crippen LogP contribution < -0.4 is 4.90 Å². The Morgan fingerprint density at radius 3 is 1.56 bits per heavy atom. The van der Waals surface area contributed by atoms with E-state index in [4.69, 9.17) is 4.42 Å². The number of aromatic nitrogens is 2.